The number of aromatic nitrogens is 3. The summed E-state index contributed by atoms with van der Waals surface area (Å²) in [6, 6.07) is 16.3. The van der Waals surface area contributed by atoms with Gasteiger partial charge in [0.25, 0.3) is 0 Å². The predicted octanol–water partition coefficient (Wildman–Crippen LogP) is 4.49. The molecule has 0 aliphatic rings. The van der Waals surface area contributed by atoms with Gasteiger partial charge in [-0.05, 0) is 61.2 Å². The van der Waals surface area contributed by atoms with Crippen molar-refractivity contribution in [2.45, 2.75) is 32.7 Å². The molecule has 6 heteroatoms. The monoisotopic (exact) mass is 416 g/mol. The van der Waals surface area contributed by atoms with E-state index in [9.17, 15) is 4.79 Å². The van der Waals surface area contributed by atoms with Gasteiger partial charge in [0.1, 0.15) is 11.6 Å². The van der Waals surface area contributed by atoms with Gasteiger partial charge in [0.2, 0.25) is 5.91 Å². The number of benzene rings is 2. The number of ether oxygens (including phenoxy) is 1. The van der Waals surface area contributed by atoms with Gasteiger partial charge in [-0.1, -0.05) is 18.2 Å². The highest BCUT2D eigenvalue weighted by Gasteiger charge is 2.14. The maximum absolute atomic E-state index is 12.5. The Morgan fingerprint density at radius 3 is 2.71 bits per heavy atom. The Bertz CT molecular complexity index is 1160. The maximum atomic E-state index is 12.5. The first-order valence-corrected chi connectivity index (χ1v) is 10.6. The second kappa shape index (κ2) is 9.51. The third-order valence-electron chi connectivity index (χ3n) is 5.62. The van der Waals surface area contributed by atoms with Crippen LogP contribution < -0.4 is 10.1 Å². The number of nitrogens with one attached hydrogen (secondary N) is 2. The summed E-state index contributed by atoms with van der Waals surface area (Å²) in [5, 5.41) is 4.21. The molecule has 0 saturated heterocycles. The van der Waals surface area contributed by atoms with Gasteiger partial charge in [0.15, 0.2) is 0 Å². The van der Waals surface area contributed by atoms with Crippen LogP contribution in [0.25, 0.3) is 22.2 Å². The number of hydrogen-bond donors (Lipinski definition) is 2. The molecule has 160 valence electrons. The number of fused-ring (bicyclic) bond motifs is 1. The molecule has 2 N–H and O–H groups in total. The normalized spacial score (nSPS) is 11.0. The molecule has 0 atom stereocenters. The van der Waals surface area contributed by atoms with E-state index in [2.05, 4.69) is 32.0 Å². The zero-order valence-corrected chi connectivity index (χ0v) is 18.0. The van der Waals surface area contributed by atoms with Crippen LogP contribution in [-0.2, 0) is 17.8 Å². The molecular formula is C25H28N4O2. The average molecular weight is 417 g/mol. The van der Waals surface area contributed by atoms with Gasteiger partial charge in [-0.3, -0.25) is 4.79 Å². The predicted molar refractivity (Wildman–Crippen MR) is 123 cm³/mol. The molecule has 0 spiro atoms. The standard InChI is InChI=1S/C25H28N4O2/c1-18-26-15-17-29(18)16-5-14-27-24(30)13-12-22-21-6-3-4-7-23(21)28-25(22)19-8-10-20(31-2)11-9-19/h3-4,6-11,15,17,28H,5,12-14,16H2,1-2H3,(H,27,30). The van der Waals surface area contributed by atoms with Crippen LogP contribution in [0.4, 0.5) is 0 Å². The molecule has 0 unspecified atom stereocenters. The number of para-hydroxylation sites is 1. The number of aromatic amines is 1. The van der Waals surface area contributed by atoms with E-state index in [4.69, 9.17) is 4.74 Å². The van der Waals surface area contributed by atoms with Gasteiger partial charge >= 0.3 is 0 Å². The molecule has 4 aromatic rings. The van der Waals surface area contributed by atoms with Crippen molar-refractivity contribution in [3.63, 3.8) is 0 Å². The Morgan fingerprint density at radius 2 is 1.97 bits per heavy atom. The van der Waals surface area contributed by atoms with Crippen LogP contribution in [0.15, 0.2) is 60.9 Å². The molecule has 4 rings (SSSR count). The number of carbonyl (C=O) groups excluding carboxylic acids is 1. The van der Waals surface area contributed by atoms with Crippen LogP contribution in [-0.4, -0.2) is 34.1 Å². The first-order chi connectivity index (χ1) is 15.2. The highest BCUT2D eigenvalue weighted by atomic mass is 16.5. The summed E-state index contributed by atoms with van der Waals surface area (Å²) in [6.07, 6.45) is 5.78. The van der Waals surface area contributed by atoms with Crippen molar-refractivity contribution in [2.24, 2.45) is 0 Å². The fourth-order valence-electron chi connectivity index (χ4n) is 3.91. The lowest BCUT2D eigenvalue weighted by molar-refractivity contribution is -0.121. The smallest absolute Gasteiger partial charge is 0.220 e. The van der Waals surface area contributed by atoms with Gasteiger partial charge in [0.05, 0.1) is 7.11 Å². The Morgan fingerprint density at radius 1 is 1.16 bits per heavy atom. The third-order valence-corrected chi connectivity index (χ3v) is 5.62. The summed E-state index contributed by atoms with van der Waals surface area (Å²) in [7, 11) is 1.67. The first-order valence-electron chi connectivity index (χ1n) is 10.6. The minimum absolute atomic E-state index is 0.0771. The van der Waals surface area contributed by atoms with E-state index in [1.54, 1.807) is 13.3 Å². The molecule has 2 aromatic carbocycles. The van der Waals surface area contributed by atoms with E-state index in [1.807, 2.05) is 49.5 Å². The number of aryl methyl sites for hydroxylation is 3. The molecular weight excluding hydrogens is 388 g/mol. The van der Waals surface area contributed by atoms with Crippen LogP contribution in [0.5, 0.6) is 5.75 Å². The second-order valence-corrected chi connectivity index (χ2v) is 7.62. The number of rotatable bonds is 9. The van der Waals surface area contributed by atoms with E-state index >= 15 is 0 Å². The third kappa shape index (κ3) is 4.79. The molecule has 0 radical (unpaired) electrons. The van der Waals surface area contributed by atoms with E-state index in [0.29, 0.717) is 19.4 Å². The Balaban J connectivity index is 1.41. The van der Waals surface area contributed by atoms with Gasteiger partial charge in [-0.2, -0.15) is 0 Å². The molecule has 0 aliphatic heterocycles. The highest BCUT2D eigenvalue weighted by Crippen LogP contribution is 2.32. The Labute approximate surface area is 182 Å². The van der Waals surface area contributed by atoms with Gasteiger partial charge < -0.3 is 19.6 Å². The lowest BCUT2D eigenvalue weighted by atomic mass is 10.0. The molecule has 0 saturated carbocycles. The van der Waals surface area contributed by atoms with Gasteiger partial charge in [-0.25, -0.2) is 4.98 Å². The summed E-state index contributed by atoms with van der Waals surface area (Å²) in [6.45, 7) is 3.51. The van der Waals surface area contributed by atoms with E-state index in [0.717, 1.165) is 46.7 Å². The van der Waals surface area contributed by atoms with Gasteiger partial charge in [0, 0.05) is 48.5 Å². The molecule has 31 heavy (non-hydrogen) atoms. The highest BCUT2D eigenvalue weighted by molar-refractivity contribution is 5.91. The minimum Gasteiger partial charge on any atom is -0.497 e. The van der Waals surface area contributed by atoms with Crippen molar-refractivity contribution in [2.75, 3.05) is 13.7 Å². The molecule has 2 aromatic heterocycles. The Kier molecular flexibility index (Phi) is 6.36. The van der Waals surface area contributed by atoms with E-state index < -0.39 is 0 Å². The summed E-state index contributed by atoms with van der Waals surface area (Å²) >= 11 is 0. The van der Waals surface area contributed by atoms with Crippen molar-refractivity contribution in [3.8, 4) is 17.0 Å². The van der Waals surface area contributed by atoms with Crippen LogP contribution in [0.3, 0.4) is 0 Å². The number of imidazole rings is 1. The summed E-state index contributed by atoms with van der Waals surface area (Å²) < 4.78 is 7.38. The quantitative estimate of drug-likeness (QED) is 0.395. The number of H-pyrrole nitrogens is 1. The average Bonchev–Trinajstić information content (AvgIpc) is 3.38. The summed E-state index contributed by atoms with van der Waals surface area (Å²) in [4.78, 5) is 20.2. The molecule has 0 bridgehead atoms. The van der Waals surface area contributed by atoms with E-state index in [1.165, 1.54) is 5.56 Å². The maximum Gasteiger partial charge on any atom is 0.220 e. The Hall–Kier alpha value is -3.54. The summed E-state index contributed by atoms with van der Waals surface area (Å²) in [5.74, 6) is 1.90. The molecule has 0 aliphatic carbocycles. The fourth-order valence-corrected chi connectivity index (χ4v) is 3.91. The van der Waals surface area contributed by atoms with E-state index in [-0.39, 0.29) is 5.91 Å². The molecule has 1 amide bonds. The van der Waals surface area contributed by atoms with Crippen molar-refractivity contribution >= 4 is 16.8 Å². The van der Waals surface area contributed by atoms with Crippen LogP contribution in [0.2, 0.25) is 0 Å². The number of hydrogen-bond acceptors (Lipinski definition) is 3. The number of nitrogens with zero attached hydrogens (tertiary/aromatic N) is 2. The van der Waals surface area contributed by atoms with Crippen molar-refractivity contribution in [1.82, 2.24) is 19.9 Å². The molecule has 6 nitrogen and oxygen atoms in total. The lowest BCUT2D eigenvalue weighted by Gasteiger charge is -2.09. The van der Waals surface area contributed by atoms with Crippen LogP contribution >= 0.6 is 0 Å². The van der Waals surface area contributed by atoms with Crippen molar-refractivity contribution in [3.05, 3.63) is 72.3 Å². The van der Waals surface area contributed by atoms with Crippen LogP contribution in [0.1, 0.15) is 24.2 Å². The number of methoxy groups -OCH3 is 1. The van der Waals surface area contributed by atoms with Crippen molar-refractivity contribution in [1.29, 1.82) is 0 Å². The summed E-state index contributed by atoms with van der Waals surface area (Å²) in [5.41, 5.74) is 4.40. The fraction of sp³-hybridized carbons (Fsp3) is 0.280. The number of carbonyl (C=O) groups is 1. The van der Waals surface area contributed by atoms with Crippen LogP contribution in [0, 0.1) is 6.92 Å². The zero-order valence-electron chi connectivity index (χ0n) is 18.0. The van der Waals surface area contributed by atoms with Crippen molar-refractivity contribution < 1.29 is 9.53 Å². The van der Waals surface area contributed by atoms with Gasteiger partial charge in [-0.15, -0.1) is 0 Å². The molecule has 2 heterocycles. The minimum atomic E-state index is 0.0771. The topological polar surface area (TPSA) is 71.9 Å². The largest absolute Gasteiger partial charge is 0.497 e. The first kappa shape index (κ1) is 20.7. The SMILES string of the molecule is COc1ccc(-c2[nH]c3ccccc3c2CCC(=O)NCCCn2ccnc2C)cc1. The second-order valence-electron chi connectivity index (χ2n) is 7.62. The lowest BCUT2D eigenvalue weighted by Crippen LogP contribution is -2.25. The molecule has 0 fully saturated rings. The zero-order chi connectivity index (χ0) is 21.6. The number of amides is 1.